The van der Waals surface area contributed by atoms with Crippen molar-refractivity contribution in [3.8, 4) is 22.9 Å². The number of carbonyl (C=O) groups is 1. The van der Waals surface area contributed by atoms with Crippen molar-refractivity contribution in [1.82, 2.24) is 19.9 Å². The molecular formula is C31H34N6O4. The molecule has 2 atom stereocenters. The number of ether oxygens (including phenoxy) is 1. The number of amides is 1. The van der Waals surface area contributed by atoms with Gasteiger partial charge in [0.15, 0.2) is 0 Å². The number of benzene rings is 2. The number of likely N-dealkylation sites (tertiary alicyclic amines) is 1. The van der Waals surface area contributed by atoms with Gasteiger partial charge >= 0.3 is 6.09 Å². The number of aryl methyl sites for hydroxylation is 1. The summed E-state index contributed by atoms with van der Waals surface area (Å²) in [4.78, 5) is 26.5. The summed E-state index contributed by atoms with van der Waals surface area (Å²) in [5.74, 6) is 1.96. The zero-order valence-corrected chi connectivity index (χ0v) is 23.0. The molecule has 1 saturated carbocycles. The fourth-order valence-corrected chi connectivity index (χ4v) is 5.38. The van der Waals surface area contributed by atoms with Gasteiger partial charge in [0.2, 0.25) is 11.8 Å². The van der Waals surface area contributed by atoms with Crippen molar-refractivity contribution in [2.24, 2.45) is 5.92 Å². The largest absolute Gasteiger partial charge is 0.465 e. The molecule has 10 nitrogen and oxygen atoms in total. The summed E-state index contributed by atoms with van der Waals surface area (Å²) in [7, 11) is 0. The second-order valence-corrected chi connectivity index (χ2v) is 10.8. The van der Waals surface area contributed by atoms with Crippen LogP contribution in [0.15, 0.2) is 60.9 Å². The number of nitrogens with one attached hydrogen (secondary N) is 2. The minimum Gasteiger partial charge on any atom is -0.465 e. The van der Waals surface area contributed by atoms with Crippen LogP contribution in [-0.4, -0.2) is 67.9 Å². The van der Waals surface area contributed by atoms with Crippen LogP contribution in [0.1, 0.15) is 31.2 Å². The normalized spacial score (nSPS) is 17.7. The van der Waals surface area contributed by atoms with Gasteiger partial charge in [-0.1, -0.05) is 24.3 Å². The highest BCUT2D eigenvalue weighted by atomic mass is 16.5. The zero-order chi connectivity index (χ0) is 28.3. The van der Waals surface area contributed by atoms with Gasteiger partial charge in [-0.2, -0.15) is 0 Å². The van der Waals surface area contributed by atoms with Crippen molar-refractivity contribution in [2.45, 2.75) is 44.8 Å². The number of nitrogens with zero attached hydrogens (tertiary/aromatic N) is 4. The number of carboxylic acid groups (broad SMARTS) is 1. The van der Waals surface area contributed by atoms with Gasteiger partial charge in [-0.05, 0) is 68.4 Å². The lowest BCUT2D eigenvalue weighted by Crippen LogP contribution is -2.44. The number of aliphatic hydroxyl groups is 1. The summed E-state index contributed by atoms with van der Waals surface area (Å²) in [5.41, 5.74) is 3.27. The Hall–Kier alpha value is -4.44. The Labute approximate surface area is 238 Å². The van der Waals surface area contributed by atoms with Crippen LogP contribution in [0.4, 0.5) is 16.4 Å². The molecule has 0 bridgehead atoms. The van der Waals surface area contributed by atoms with E-state index in [2.05, 4.69) is 26.7 Å². The van der Waals surface area contributed by atoms with Crippen molar-refractivity contribution < 1.29 is 19.7 Å². The second kappa shape index (κ2) is 11.6. The molecule has 2 aromatic heterocycles. The van der Waals surface area contributed by atoms with E-state index < -0.39 is 6.09 Å². The lowest BCUT2D eigenvalue weighted by atomic mass is 10.0. The second-order valence-electron chi connectivity index (χ2n) is 10.8. The first-order valence-electron chi connectivity index (χ1n) is 14.1. The minimum atomic E-state index is -0.911. The fraction of sp³-hybridized carbons (Fsp3) is 0.355. The third-order valence-corrected chi connectivity index (χ3v) is 7.80. The van der Waals surface area contributed by atoms with Crippen LogP contribution in [0.2, 0.25) is 0 Å². The fourth-order valence-electron chi connectivity index (χ4n) is 5.38. The number of rotatable bonds is 9. The van der Waals surface area contributed by atoms with E-state index in [1.165, 1.54) is 4.90 Å². The number of fused-ring (bicyclic) bond motifs is 1. The highest BCUT2D eigenvalue weighted by Gasteiger charge is 2.29. The number of aromatic nitrogens is 3. The van der Waals surface area contributed by atoms with E-state index in [0.717, 1.165) is 47.7 Å². The topological polar surface area (TPSA) is 133 Å². The van der Waals surface area contributed by atoms with Crippen LogP contribution in [0.5, 0.6) is 11.6 Å². The number of anilines is 2. The molecule has 4 N–H and O–H groups in total. The molecule has 0 radical (unpaired) electrons. The lowest BCUT2D eigenvalue weighted by Gasteiger charge is -2.31. The minimum absolute atomic E-state index is 0.0637. The third kappa shape index (κ3) is 6.02. The van der Waals surface area contributed by atoms with Crippen LogP contribution in [0.25, 0.3) is 22.0 Å². The van der Waals surface area contributed by atoms with Gasteiger partial charge < -0.3 is 30.5 Å². The van der Waals surface area contributed by atoms with E-state index in [9.17, 15) is 15.0 Å². The zero-order valence-electron chi connectivity index (χ0n) is 23.0. The molecule has 1 aliphatic carbocycles. The molecule has 2 aromatic carbocycles. The maximum Gasteiger partial charge on any atom is 0.407 e. The monoisotopic (exact) mass is 554 g/mol. The summed E-state index contributed by atoms with van der Waals surface area (Å²) in [5, 5.41) is 28.4. The van der Waals surface area contributed by atoms with E-state index in [0.29, 0.717) is 54.4 Å². The van der Waals surface area contributed by atoms with E-state index >= 15 is 0 Å². The Kier molecular flexibility index (Phi) is 7.56. The molecule has 1 aliphatic heterocycles. The molecule has 10 heteroatoms. The predicted molar refractivity (Wildman–Crippen MR) is 157 cm³/mol. The first-order valence-corrected chi connectivity index (χ1v) is 14.1. The van der Waals surface area contributed by atoms with Crippen molar-refractivity contribution in [1.29, 1.82) is 0 Å². The molecule has 41 heavy (non-hydrogen) atoms. The van der Waals surface area contributed by atoms with Gasteiger partial charge in [-0.3, -0.25) is 0 Å². The SMILES string of the molecule is Cc1ccc2c(NCC(O)C3CC3)cccc2c1Oc1ncccc1-c1ccnc(NC2CCCN(C(=O)O)C2)n1. The predicted octanol–water partition coefficient (Wildman–Crippen LogP) is 5.53. The first-order chi connectivity index (χ1) is 20.0. The summed E-state index contributed by atoms with van der Waals surface area (Å²) < 4.78 is 6.53. The van der Waals surface area contributed by atoms with Crippen LogP contribution in [-0.2, 0) is 0 Å². The average molecular weight is 555 g/mol. The standard InChI is InChI=1S/C31H34N6O4/c1-19-9-12-22-23(6-2-8-25(22)34-17-27(38)20-10-11-20)28(19)41-29-24(7-3-14-32-29)26-13-15-33-30(36-26)35-21-5-4-16-37(18-21)31(39)40/h2-3,6-9,12-15,20-21,27,34,38H,4-5,10-11,16-18H2,1H3,(H,39,40)(H,33,35,36). The van der Waals surface area contributed by atoms with Gasteiger partial charge in [0.05, 0.1) is 17.4 Å². The van der Waals surface area contributed by atoms with E-state index in [4.69, 9.17) is 9.72 Å². The number of hydrogen-bond donors (Lipinski definition) is 4. The first kappa shape index (κ1) is 26.8. The van der Waals surface area contributed by atoms with Crippen molar-refractivity contribution in [2.75, 3.05) is 30.3 Å². The molecular weight excluding hydrogens is 520 g/mol. The van der Waals surface area contributed by atoms with Crippen molar-refractivity contribution in [3.05, 3.63) is 66.5 Å². The Morgan fingerprint density at radius 2 is 1.95 bits per heavy atom. The maximum atomic E-state index is 11.4. The van der Waals surface area contributed by atoms with Crippen LogP contribution < -0.4 is 15.4 Å². The quantitative estimate of drug-likeness (QED) is 0.211. The summed E-state index contributed by atoms with van der Waals surface area (Å²) >= 11 is 0. The van der Waals surface area contributed by atoms with E-state index in [-0.39, 0.29) is 12.1 Å². The lowest BCUT2D eigenvalue weighted by molar-refractivity contribution is 0.132. The van der Waals surface area contributed by atoms with Gasteiger partial charge in [0.25, 0.3) is 0 Å². The maximum absolute atomic E-state index is 11.4. The van der Waals surface area contributed by atoms with Crippen LogP contribution >= 0.6 is 0 Å². The number of pyridine rings is 1. The molecule has 0 spiro atoms. The number of hydrogen-bond acceptors (Lipinski definition) is 8. The Morgan fingerprint density at radius 1 is 1.07 bits per heavy atom. The molecule has 2 aliphatic rings. The molecule has 1 amide bonds. The average Bonchev–Trinajstić information content (AvgIpc) is 3.84. The van der Waals surface area contributed by atoms with Crippen molar-refractivity contribution in [3.63, 3.8) is 0 Å². The van der Waals surface area contributed by atoms with Crippen molar-refractivity contribution >= 4 is 28.5 Å². The number of piperidine rings is 1. The Morgan fingerprint density at radius 3 is 2.78 bits per heavy atom. The highest BCUT2D eigenvalue weighted by Crippen LogP contribution is 2.39. The molecule has 6 rings (SSSR count). The van der Waals surface area contributed by atoms with Crippen LogP contribution in [0.3, 0.4) is 0 Å². The van der Waals surface area contributed by atoms with Gasteiger partial charge in [-0.25, -0.2) is 19.7 Å². The molecule has 3 heterocycles. The highest BCUT2D eigenvalue weighted by molar-refractivity contribution is 5.98. The Balaban J connectivity index is 1.26. The summed E-state index contributed by atoms with van der Waals surface area (Å²) in [6, 6.07) is 15.6. The molecule has 4 aromatic rings. The van der Waals surface area contributed by atoms with E-state index in [1.54, 1.807) is 12.4 Å². The van der Waals surface area contributed by atoms with Gasteiger partial charge in [-0.15, -0.1) is 0 Å². The van der Waals surface area contributed by atoms with Gasteiger partial charge in [0.1, 0.15) is 5.75 Å². The van der Waals surface area contributed by atoms with Crippen LogP contribution in [0, 0.1) is 12.8 Å². The molecule has 2 fully saturated rings. The van der Waals surface area contributed by atoms with E-state index in [1.807, 2.05) is 49.4 Å². The molecule has 1 saturated heterocycles. The molecule has 212 valence electrons. The summed E-state index contributed by atoms with van der Waals surface area (Å²) in [6.07, 6.45) is 5.92. The molecule has 2 unspecified atom stereocenters. The Bertz CT molecular complexity index is 1560. The summed E-state index contributed by atoms with van der Waals surface area (Å²) in [6.45, 7) is 3.45. The third-order valence-electron chi connectivity index (χ3n) is 7.80. The number of aliphatic hydroxyl groups excluding tert-OH is 1. The van der Waals surface area contributed by atoms with Gasteiger partial charge in [0, 0.05) is 54.5 Å². The smallest absolute Gasteiger partial charge is 0.407 e.